The molecule has 2 atom stereocenters. The number of hydrogen-bond acceptors (Lipinski definition) is 5. The zero-order valence-corrected chi connectivity index (χ0v) is 11.2. The monoisotopic (exact) mass is 267 g/mol. The Morgan fingerprint density at radius 1 is 1.58 bits per heavy atom. The number of aromatic nitrogens is 3. The molecule has 3 N–H and O–H groups in total. The second kappa shape index (κ2) is 6.63. The van der Waals surface area contributed by atoms with Crippen molar-refractivity contribution in [2.24, 2.45) is 11.8 Å². The van der Waals surface area contributed by atoms with Crippen molar-refractivity contribution in [1.29, 1.82) is 0 Å². The Kier molecular flexibility index (Phi) is 4.86. The van der Waals surface area contributed by atoms with Crippen molar-refractivity contribution in [2.45, 2.75) is 45.3 Å². The lowest BCUT2D eigenvalue weighted by atomic mass is 9.88. The molecular formula is C12H21N5O2. The SMILES string of the molecule is CC1CCCCC1OCCn1cc(C(=O)NN)nn1. The van der Waals surface area contributed by atoms with E-state index in [4.69, 9.17) is 10.6 Å². The van der Waals surface area contributed by atoms with Crippen LogP contribution in [0.25, 0.3) is 0 Å². The van der Waals surface area contributed by atoms with Gasteiger partial charge in [-0.3, -0.25) is 10.2 Å². The van der Waals surface area contributed by atoms with Gasteiger partial charge in [0.2, 0.25) is 0 Å². The van der Waals surface area contributed by atoms with Crippen LogP contribution in [-0.4, -0.2) is 33.6 Å². The molecule has 0 bridgehead atoms. The Bertz CT molecular complexity index is 420. The number of rotatable bonds is 5. The second-order valence-electron chi connectivity index (χ2n) is 5.01. The van der Waals surface area contributed by atoms with Crippen LogP contribution in [0, 0.1) is 5.92 Å². The maximum Gasteiger partial charge on any atom is 0.287 e. The van der Waals surface area contributed by atoms with E-state index in [1.165, 1.54) is 19.3 Å². The molecule has 1 amide bonds. The Morgan fingerprint density at radius 3 is 3.11 bits per heavy atom. The van der Waals surface area contributed by atoms with E-state index in [9.17, 15) is 4.79 Å². The molecule has 2 rings (SSSR count). The third-order valence-electron chi connectivity index (χ3n) is 3.59. The Labute approximate surface area is 112 Å². The molecule has 1 aromatic rings. The van der Waals surface area contributed by atoms with Crippen molar-refractivity contribution < 1.29 is 9.53 Å². The van der Waals surface area contributed by atoms with E-state index in [2.05, 4.69) is 17.2 Å². The first-order chi connectivity index (χ1) is 9.20. The molecule has 1 fully saturated rings. The zero-order valence-electron chi connectivity index (χ0n) is 11.2. The van der Waals surface area contributed by atoms with Crippen LogP contribution in [0.15, 0.2) is 6.20 Å². The van der Waals surface area contributed by atoms with Gasteiger partial charge in [0.05, 0.1) is 25.5 Å². The van der Waals surface area contributed by atoms with E-state index in [1.807, 2.05) is 5.43 Å². The molecule has 7 heteroatoms. The lowest BCUT2D eigenvalue weighted by molar-refractivity contribution is -0.00944. The molecule has 1 saturated carbocycles. The fourth-order valence-electron chi connectivity index (χ4n) is 2.41. The highest BCUT2D eigenvalue weighted by atomic mass is 16.5. The number of nitrogens with zero attached hydrogens (tertiary/aromatic N) is 3. The standard InChI is InChI=1S/C12H21N5O2/c1-9-4-2-3-5-11(9)19-7-6-17-8-10(15-16-17)12(18)14-13/h8-9,11H,2-7,13H2,1H3,(H,14,18). The van der Waals surface area contributed by atoms with E-state index >= 15 is 0 Å². The van der Waals surface area contributed by atoms with Gasteiger partial charge in [-0.05, 0) is 18.8 Å². The molecule has 7 nitrogen and oxygen atoms in total. The number of nitrogen functional groups attached to an aromatic ring is 1. The quantitative estimate of drug-likeness (QED) is 0.459. The summed E-state index contributed by atoms with van der Waals surface area (Å²) in [5.74, 6) is 5.22. The van der Waals surface area contributed by atoms with Crippen LogP contribution >= 0.6 is 0 Å². The Balaban J connectivity index is 1.76. The fourth-order valence-corrected chi connectivity index (χ4v) is 2.41. The summed E-state index contributed by atoms with van der Waals surface area (Å²) in [6, 6.07) is 0. The van der Waals surface area contributed by atoms with Crippen LogP contribution in [-0.2, 0) is 11.3 Å². The van der Waals surface area contributed by atoms with Crippen molar-refractivity contribution in [2.75, 3.05) is 6.61 Å². The van der Waals surface area contributed by atoms with Gasteiger partial charge in [-0.2, -0.15) is 0 Å². The number of amides is 1. The average molecular weight is 267 g/mol. The second-order valence-corrected chi connectivity index (χ2v) is 5.01. The van der Waals surface area contributed by atoms with Gasteiger partial charge in [0.15, 0.2) is 5.69 Å². The number of nitrogens with two attached hydrogens (primary N) is 1. The number of ether oxygens (including phenoxy) is 1. The van der Waals surface area contributed by atoms with E-state index in [1.54, 1.807) is 10.9 Å². The fraction of sp³-hybridized carbons (Fsp3) is 0.750. The average Bonchev–Trinajstić information content (AvgIpc) is 2.89. The van der Waals surface area contributed by atoms with Crippen LogP contribution in [0.3, 0.4) is 0 Å². The van der Waals surface area contributed by atoms with E-state index in [0.29, 0.717) is 25.2 Å². The summed E-state index contributed by atoms with van der Waals surface area (Å²) in [6.07, 6.45) is 6.86. The largest absolute Gasteiger partial charge is 0.376 e. The zero-order chi connectivity index (χ0) is 13.7. The molecule has 1 aromatic heterocycles. The van der Waals surface area contributed by atoms with Crippen LogP contribution in [0.2, 0.25) is 0 Å². The van der Waals surface area contributed by atoms with Gasteiger partial charge >= 0.3 is 0 Å². The van der Waals surface area contributed by atoms with E-state index in [-0.39, 0.29) is 5.69 Å². The molecule has 0 radical (unpaired) electrons. The molecule has 1 aliphatic rings. The van der Waals surface area contributed by atoms with Crippen molar-refractivity contribution >= 4 is 5.91 Å². The van der Waals surface area contributed by atoms with Crippen LogP contribution in [0.4, 0.5) is 0 Å². The topological polar surface area (TPSA) is 95.1 Å². The molecule has 1 heterocycles. The number of carbonyl (C=O) groups excluding carboxylic acids is 1. The minimum atomic E-state index is -0.437. The first-order valence-electron chi connectivity index (χ1n) is 6.73. The minimum absolute atomic E-state index is 0.216. The van der Waals surface area contributed by atoms with Crippen molar-refractivity contribution in [1.82, 2.24) is 20.4 Å². The molecule has 0 spiro atoms. The number of hydrogen-bond donors (Lipinski definition) is 2. The maximum absolute atomic E-state index is 11.2. The summed E-state index contributed by atoms with van der Waals surface area (Å²) < 4.78 is 7.48. The Hall–Kier alpha value is -1.47. The summed E-state index contributed by atoms with van der Waals surface area (Å²) in [6.45, 7) is 3.42. The van der Waals surface area contributed by atoms with E-state index < -0.39 is 5.91 Å². The molecule has 0 aliphatic heterocycles. The lowest BCUT2D eigenvalue weighted by Gasteiger charge is -2.28. The third kappa shape index (κ3) is 3.74. The summed E-state index contributed by atoms with van der Waals surface area (Å²) in [7, 11) is 0. The van der Waals surface area contributed by atoms with Gasteiger partial charge in [-0.15, -0.1) is 5.10 Å². The number of nitrogens with one attached hydrogen (secondary N) is 1. The van der Waals surface area contributed by atoms with Crippen LogP contribution in [0.5, 0.6) is 0 Å². The molecule has 0 aromatic carbocycles. The molecule has 1 aliphatic carbocycles. The van der Waals surface area contributed by atoms with Gasteiger partial charge in [-0.25, -0.2) is 10.5 Å². The first-order valence-corrected chi connectivity index (χ1v) is 6.73. The van der Waals surface area contributed by atoms with Crippen molar-refractivity contribution in [3.8, 4) is 0 Å². The predicted octanol–water partition coefficient (Wildman–Crippen LogP) is 0.477. The minimum Gasteiger partial charge on any atom is -0.376 e. The van der Waals surface area contributed by atoms with Gasteiger partial charge in [-0.1, -0.05) is 25.0 Å². The van der Waals surface area contributed by atoms with Gasteiger partial charge in [0, 0.05) is 0 Å². The molecule has 2 unspecified atom stereocenters. The highest BCUT2D eigenvalue weighted by molar-refractivity contribution is 5.91. The first kappa shape index (κ1) is 14.0. The third-order valence-corrected chi connectivity index (χ3v) is 3.59. The number of carbonyl (C=O) groups is 1. The normalized spacial score (nSPS) is 23.3. The summed E-state index contributed by atoms with van der Waals surface area (Å²) in [5, 5.41) is 7.59. The summed E-state index contributed by atoms with van der Waals surface area (Å²) in [4.78, 5) is 11.2. The molecular weight excluding hydrogens is 246 g/mol. The maximum atomic E-state index is 11.2. The highest BCUT2D eigenvalue weighted by Gasteiger charge is 2.21. The van der Waals surface area contributed by atoms with Gasteiger partial charge < -0.3 is 4.74 Å². The molecule has 0 saturated heterocycles. The van der Waals surface area contributed by atoms with Crippen molar-refractivity contribution in [3.63, 3.8) is 0 Å². The number of hydrazine groups is 1. The molecule has 19 heavy (non-hydrogen) atoms. The molecule has 106 valence electrons. The van der Waals surface area contributed by atoms with Crippen LogP contribution in [0.1, 0.15) is 43.1 Å². The van der Waals surface area contributed by atoms with E-state index in [0.717, 1.165) is 6.42 Å². The van der Waals surface area contributed by atoms with Gasteiger partial charge in [0.25, 0.3) is 5.91 Å². The smallest absolute Gasteiger partial charge is 0.287 e. The summed E-state index contributed by atoms with van der Waals surface area (Å²) in [5.41, 5.74) is 2.24. The lowest BCUT2D eigenvalue weighted by Crippen LogP contribution is -2.30. The predicted molar refractivity (Wildman–Crippen MR) is 69.0 cm³/mol. The summed E-state index contributed by atoms with van der Waals surface area (Å²) >= 11 is 0. The van der Waals surface area contributed by atoms with Crippen molar-refractivity contribution in [3.05, 3.63) is 11.9 Å². The highest BCUT2D eigenvalue weighted by Crippen LogP contribution is 2.26. The Morgan fingerprint density at radius 2 is 2.37 bits per heavy atom. The van der Waals surface area contributed by atoms with Gasteiger partial charge in [0.1, 0.15) is 0 Å². The van der Waals surface area contributed by atoms with Crippen LogP contribution < -0.4 is 11.3 Å².